The number of unbranched alkanes of at least 4 members (excludes halogenated alkanes) is 15. The summed E-state index contributed by atoms with van der Waals surface area (Å²) in [6.45, 7) is 14.7. The highest BCUT2D eigenvalue weighted by Gasteiger charge is 2.32. The molecule has 2 unspecified atom stereocenters. The largest absolute Gasteiger partial charge is 0.726 e. The summed E-state index contributed by atoms with van der Waals surface area (Å²) in [5.41, 5.74) is 0. The number of aliphatic hydroxyl groups is 4. The lowest BCUT2D eigenvalue weighted by atomic mass is 10.0. The standard InChI is InChI=1S/C41H90N3O8.3CH4O4S/c1-5-6-7-8-9-10-11-12-13-14-15-16-17-18-19-20-21-42(2,26-34-49-38-30-45)22-23-43(3,27-35-50-39-31-46)24-25-44(4,28-36-51-40-32-47)29-37-52-41-33-48;3*1-5-6(2,3)4/h45-48H,5-41H2,1-4H3;3*1H3,(H,2,3,4)/q+3;;;/p-3. The van der Waals surface area contributed by atoms with E-state index in [1.165, 1.54) is 103 Å². The van der Waals surface area contributed by atoms with Crippen molar-refractivity contribution < 1.29 is 104 Å². The Labute approximate surface area is 424 Å². The lowest BCUT2D eigenvalue weighted by molar-refractivity contribution is -0.985. The van der Waals surface area contributed by atoms with Crippen molar-refractivity contribution in [3.63, 3.8) is 0 Å². The van der Waals surface area contributed by atoms with E-state index in [4.69, 9.17) is 18.9 Å². The molecular weight excluding hydrogens is 987 g/mol. The number of rotatable bonds is 46. The first-order valence-corrected chi connectivity index (χ1v) is 28.7. The van der Waals surface area contributed by atoms with Gasteiger partial charge in [0.05, 0.1) is 128 Å². The average Bonchev–Trinajstić information content (AvgIpc) is 3.31. The Hall–Kier alpha value is -0.830. The third kappa shape index (κ3) is 61.5. The Kier molecular flexibility index (Phi) is 53.1. The molecule has 0 heterocycles. The zero-order valence-electron chi connectivity index (χ0n) is 44.1. The SMILES string of the molecule is CCCCCCCCCCCCCCCCCC[N+](C)(CCOCCO)CC[N+](C)(CCOCCO)CC[N+](C)(CCOCCO)CCOCCO.COS(=O)(=O)[O-].COS(=O)(=O)[O-].COS(=O)(=O)[O-]. The smallest absolute Gasteiger partial charge is 0.217 e. The van der Waals surface area contributed by atoms with Crippen LogP contribution in [0.2, 0.25) is 0 Å². The minimum atomic E-state index is -4.41. The van der Waals surface area contributed by atoms with Crippen LogP contribution in [0, 0.1) is 0 Å². The Bertz CT molecular complexity index is 1370. The predicted octanol–water partition coefficient (Wildman–Crippen LogP) is 1.90. The molecule has 0 saturated heterocycles. The number of aliphatic hydroxyl groups excluding tert-OH is 4. The number of hydrogen-bond donors (Lipinski definition) is 4. The minimum Gasteiger partial charge on any atom is -0.726 e. The van der Waals surface area contributed by atoms with Crippen LogP contribution in [-0.4, -0.2) is 253 Å². The van der Waals surface area contributed by atoms with Crippen molar-refractivity contribution in [2.75, 3.05) is 181 Å². The van der Waals surface area contributed by atoms with E-state index in [2.05, 4.69) is 40.6 Å². The zero-order chi connectivity index (χ0) is 54.1. The molecule has 2 atom stereocenters. The van der Waals surface area contributed by atoms with E-state index in [-0.39, 0.29) is 26.4 Å². The molecule has 0 spiro atoms. The summed E-state index contributed by atoms with van der Waals surface area (Å²) in [4.78, 5) is 0. The third-order valence-electron chi connectivity index (χ3n) is 11.6. The highest BCUT2D eigenvalue weighted by atomic mass is 32.3. The van der Waals surface area contributed by atoms with Gasteiger partial charge in [0.2, 0.25) is 31.2 Å². The van der Waals surface area contributed by atoms with Crippen molar-refractivity contribution in [2.45, 2.75) is 110 Å². The molecule has 428 valence electrons. The first kappa shape index (κ1) is 75.7. The van der Waals surface area contributed by atoms with Gasteiger partial charge in [0.25, 0.3) is 0 Å². The quantitative estimate of drug-likeness (QED) is 0.0293. The van der Waals surface area contributed by atoms with Gasteiger partial charge in [-0.25, -0.2) is 25.3 Å². The van der Waals surface area contributed by atoms with Crippen LogP contribution >= 0.6 is 0 Å². The van der Waals surface area contributed by atoms with Crippen molar-refractivity contribution in [1.29, 1.82) is 0 Å². The fourth-order valence-electron chi connectivity index (χ4n) is 6.82. The van der Waals surface area contributed by atoms with Gasteiger partial charge in [0.1, 0.15) is 52.4 Å². The van der Waals surface area contributed by atoms with Crippen LogP contribution in [-0.2, 0) is 62.7 Å². The van der Waals surface area contributed by atoms with Crippen LogP contribution in [0.4, 0.5) is 0 Å². The molecular formula is C44H99N3O20S3. The molecule has 0 aliphatic carbocycles. The van der Waals surface area contributed by atoms with Crippen LogP contribution in [0.1, 0.15) is 110 Å². The summed E-state index contributed by atoms with van der Waals surface area (Å²) < 4.78 is 119. The molecule has 0 saturated carbocycles. The van der Waals surface area contributed by atoms with Crippen molar-refractivity contribution in [3.05, 3.63) is 0 Å². The number of nitrogens with zero attached hydrogens (tertiary/aromatic N) is 3. The molecule has 23 nitrogen and oxygen atoms in total. The van der Waals surface area contributed by atoms with Crippen LogP contribution < -0.4 is 0 Å². The summed E-state index contributed by atoms with van der Waals surface area (Å²) in [5, 5.41) is 36.9. The third-order valence-corrected chi connectivity index (χ3v) is 12.8. The maximum atomic E-state index is 9.30. The highest BCUT2D eigenvalue weighted by Crippen LogP contribution is 2.16. The molecule has 0 bridgehead atoms. The normalized spacial score (nSPS) is 13.8. The van der Waals surface area contributed by atoms with Crippen molar-refractivity contribution in [3.8, 4) is 0 Å². The monoisotopic (exact) mass is 1090 g/mol. The molecule has 0 fully saturated rings. The average molecular weight is 1090 g/mol. The van der Waals surface area contributed by atoms with Crippen LogP contribution in [0.15, 0.2) is 0 Å². The van der Waals surface area contributed by atoms with E-state index in [0.29, 0.717) is 52.9 Å². The number of hydrogen-bond acceptors (Lipinski definition) is 20. The maximum absolute atomic E-state index is 9.30. The molecule has 0 amide bonds. The maximum Gasteiger partial charge on any atom is 0.217 e. The van der Waals surface area contributed by atoms with E-state index in [0.717, 1.165) is 93.7 Å². The zero-order valence-corrected chi connectivity index (χ0v) is 46.5. The van der Waals surface area contributed by atoms with E-state index < -0.39 is 31.2 Å². The molecule has 4 N–H and O–H groups in total. The number of likely N-dealkylation sites (N-methyl/N-ethyl adjacent to an activating group) is 3. The van der Waals surface area contributed by atoms with Gasteiger partial charge in [-0.3, -0.25) is 12.5 Å². The van der Waals surface area contributed by atoms with Crippen molar-refractivity contribution in [1.82, 2.24) is 0 Å². The van der Waals surface area contributed by atoms with Crippen LogP contribution in [0.3, 0.4) is 0 Å². The second-order valence-electron chi connectivity index (χ2n) is 17.7. The summed E-state index contributed by atoms with van der Waals surface area (Å²) >= 11 is 0. The predicted molar refractivity (Wildman–Crippen MR) is 264 cm³/mol. The molecule has 0 aliphatic rings. The molecule has 0 aromatic rings. The van der Waals surface area contributed by atoms with E-state index >= 15 is 0 Å². The number of quaternary nitrogens is 3. The van der Waals surface area contributed by atoms with Gasteiger partial charge in [0, 0.05) is 0 Å². The van der Waals surface area contributed by atoms with Gasteiger partial charge in [-0.05, 0) is 12.8 Å². The van der Waals surface area contributed by atoms with Crippen molar-refractivity contribution in [2.24, 2.45) is 0 Å². The highest BCUT2D eigenvalue weighted by molar-refractivity contribution is 7.81. The Morgan fingerprint density at radius 2 is 0.514 bits per heavy atom. The lowest BCUT2D eigenvalue weighted by Crippen LogP contribution is -2.60. The van der Waals surface area contributed by atoms with Gasteiger partial charge in [-0.2, -0.15) is 0 Å². The second-order valence-corrected chi connectivity index (χ2v) is 21.2. The van der Waals surface area contributed by atoms with Gasteiger partial charge in [-0.15, -0.1) is 0 Å². The summed E-state index contributed by atoms with van der Waals surface area (Å²) in [6, 6.07) is 0. The molecule has 70 heavy (non-hydrogen) atoms. The van der Waals surface area contributed by atoms with Crippen LogP contribution in [0.25, 0.3) is 0 Å². The van der Waals surface area contributed by atoms with Crippen LogP contribution in [0.5, 0.6) is 0 Å². The molecule has 0 aromatic heterocycles. The minimum absolute atomic E-state index is 0.0215. The molecule has 0 radical (unpaired) electrons. The van der Waals surface area contributed by atoms with Gasteiger partial charge < -0.3 is 66.5 Å². The van der Waals surface area contributed by atoms with E-state index in [9.17, 15) is 59.3 Å². The van der Waals surface area contributed by atoms with E-state index in [1.54, 1.807) is 0 Å². The second kappa shape index (κ2) is 49.1. The first-order chi connectivity index (χ1) is 32.9. The summed E-state index contributed by atoms with van der Waals surface area (Å²) in [7, 11) is -3.87. The first-order valence-electron chi connectivity index (χ1n) is 24.7. The van der Waals surface area contributed by atoms with Gasteiger partial charge >= 0.3 is 0 Å². The van der Waals surface area contributed by atoms with Crippen molar-refractivity contribution >= 4 is 31.2 Å². The number of ether oxygens (including phenoxy) is 4. The molecule has 0 aliphatic heterocycles. The Balaban J connectivity index is -0.00000101. The Morgan fingerprint density at radius 1 is 0.329 bits per heavy atom. The molecule has 0 aromatic carbocycles. The van der Waals surface area contributed by atoms with Gasteiger partial charge in [0.15, 0.2) is 0 Å². The lowest BCUT2D eigenvalue weighted by Gasteiger charge is -2.42. The fraction of sp³-hybridized carbons (Fsp3) is 1.00. The molecule has 0 rings (SSSR count). The Morgan fingerprint density at radius 3 is 0.714 bits per heavy atom. The van der Waals surface area contributed by atoms with Gasteiger partial charge in [-0.1, -0.05) is 96.8 Å². The fourth-order valence-corrected chi connectivity index (χ4v) is 6.82. The molecule has 26 heteroatoms. The van der Waals surface area contributed by atoms with E-state index in [1.807, 2.05) is 0 Å². The summed E-state index contributed by atoms with van der Waals surface area (Å²) in [6.07, 6.45) is 22.0. The topological polar surface area (TPSA) is 317 Å². The summed E-state index contributed by atoms with van der Waals surface area (Å²) in [5.74, 6) is 0.